The smallest absolute Gasteiger partial charge is 0.257 e. The van der Waals surface area contributed by atoms with Gasteiger partial charge in [-0.1, -0.05) is 22.5 Å². The van der Waals surface area contributed by atoms with E-state index in [2.05, 4.69) is 20.3 Å². The lowest BCUT2D eigenvalue weighted by Crippen LogP contribution is -2.50. The topological polar surface area (TPSA) is 72.7 Å². The summed E-state index contributed by atoms with van der Waals surface area (Å²) in [6, 6.07) is 5.40. The van der Waals surface area contributed by atoms with Gasteiger partial charge in [0.1, 0.15) is 37.2 Å². The van der Waals surface area contributed by atoms with Gasteiger partial charge in [-0.3, -0.25) is 4.79 Å². The Morgan fingerprint density at radius 3 is 2.50 bits per heavy atom. The van der Waals surface area contributed by atoms with Gasteiger partial charge in [0, 0.05) is 29.7 Å². The summed E-state index contributed by atoms with van der Waals surface area (Å²) in [5, 5.41) is 3.38. The van der Waals surface area contributed by atoms with Crippen molar-refractivity contribution in [3.8, 4) is 11.4 Å². The maximum Gasteiger partial charge on any atom is 0.257 e. The second kappa shape index (κ2) is 7.69. The van der Waals surface area contributed by atoms with Crippen molar-refractivity contribution in [2.24, 2.45) is 7.05 Å². The van der Waals surface area contributed by atoms with Gasteiger partial charge in [-0.05, 0) is 12.1 Å². The minimum absolute atomic E-state index is 0.00370. The fraction of sp³-hybridized carbons (Fsp3) is 0.0526. The molecule has 0 aliphatic heterocycles. The third-order valence-corrected chi connectivity index (χ3v) is 5.11. The lowest BCUT2D eigenvalue weighted by Gasteiger charge is -2.18. The monoisotopic (exact) mass is 403 g/mol. The molecule has 1 amide bonds. The third-order valence-electron chi connectivity index (χ3n) is 4.72. The molecule has 3 heterocycles. The molecular weight excluding hydrogens is 393 g/mol. The number of aromatic nitrogens is 4. The summed E-state index contributed by atoms with van der Waals surface area (Å²) in [6.45, 7) is 0. The number of carbonyl (C=O) groups excluding carboxylic acids is 1. The normalized spacial score (nSPS) is 11.0. The Bertz CT molecular complexity index is 1300. The number of nitrogens with one attached hydrogen (secondary N) is 1. The molecule has 0 unspecified atom stereocenters. The molecule has 0 saturated carbocycles. The molecule has 0 spiro atoms. The number of nitrogens with zero attached hydrogens (tertiary/aromatic N) is 4. The number of benzene rings is 1. The Morgan fingerprint density at radius 1 is 1.07 bits per heavy atom. The van der Waals surface area contributed by atoms with E-state index in [0.29, 0.717) is 5.52 Å². The lowest BCUT2D eigenvalue weighted by molar-refractivity contribution is 0.102. The predicted octanol–water partition coefficient (Wildman–Crippen LogP) is -0.889. The molecule has 8 radical (unpaired) electrons. The molecule has 11 heteroatoms. The van der Waals surface area contributed by atoms with E-state index in [1.54, 1.807) is 24.8 Å². The van der Waals surface area contributed by atoms with E-state index in [4.69, 9.17) is 43.0 Å². The fourth-order valence-electron chi connectivity index (χ4n) is 3.03. The molecule has 0 fully saturated rings. The van der Waals surface area contributed by atoms with Gasteiger partial charge >= 0.3 is 0 Å². The number of hydrogen-bond donors (Lipinski definition) is 1. The molecule has 1 N–H and O–H groups in total. The minimum Gasteiger partial charge on any atom is -0.332 e. The van der Waals surface area contributed by atoms with E-state index in [1.807, 2.05) is 23.7 Å². The van der Waals surface area contributed by atoms with Gasteiger partial charge in [0.15, 0.2) is 0 Å². The van der Waals surface area contributed by atoms with Crippen molar-refractivity contribution in [3.63, 3.8) is 0 Å². The van der Waals surface area contributed by atoms with Crippen LogP contribution in [-0.4, -0.2) is 56.8 Å². The average Bonchev–Trinajstić information content (AvgIpc) is 3.16. The first-order valence-corrected chi connectivity index (χ1v) is 9.12. The van der Waals surface area contributed by atoms with Crippen molar-refractivity contribution >= 4 is 87.5 Å². The Hall–Kier alpha value is -2.99. The van der Waals surface area contributed by atoms with Crippen LogP contribution in [0.1, 0.15) is 10.4 Å². The van der Waals surface area contributed by atoms with Crippen LogP contribution in [-0.2, 0) is 7.05 Å². The second-order valence-electron chi connectivity index (χ2n) is 6.65. The van der Waals surface area contributed by atoms with E-state index < -0.39 is 5.91 Å². The van der Waals surface area contributed by atoms with E-state index >= 15 is 0 Å². The van der Waals surface area contributed by atoms with Crippen LogP contribution < -0.4 is 27.2 Å². The van der Waals surface area contributed by atoms with Gasteiger partial charge in [-0.2, -0.15) is 0 Å². The van der Waals surface area contributed by atoms with Crippen LogP contribution in [0.3, 0.4) is 0 Å². The van der Waals surface area contributed by atoms with Crippen LogP contribution in [0.25, 0.3) is 22.3 Å². The highest BCUT2D eigenvalue weighted by Gasteiger charge is 2.19. The van der Waals surface area contributed by atoms with Gasteiger partial charge in [-0.15, -0.1) is 10.9 Å². The molecule has 6 nitrogen and oxygen atoms in total. The average molecular weight is 403 g/mol. The minimum atomic E-state index is -0.620. The number of anilines is 1. The Kier molecular flexibility index (Phi) is 5.20. The zero-order valence-electron chi connectivity index (χ0n) is 15.8. The lowest BCUT2D eigenvalue weighted by atomic mass is 9.65. The number of imidazole rings is 1. The summed E-state index contributed by atoms with van der Waals surface area (Å²) in [6.07, 6.45) is 5.01. The van der Waals surface area contributed by atoms with Gasteiger partial charge in [0.2, 0.25) is 0 Å². The Labute approximate surface area is 183 Å². The van der Waals surface area contributed by atoms with Gasteiger partial charge in [0.05, 0.1) is 35.0 Å². The number of carbonyl (C=O) groups is 1. The maximum atomic E-state index is 12.8. The molecule has 0 aliphatic carbocycles. The summed E-state index contributed by atoms with van der Waals surface area (Å²) < 4.78 is 1.86. The Balaban J connectivity index is 1.71. The maximum absolute atomic E-state index is 12.8. The molecule has 1 aromatic carbocycles. The molecule has 0 aliphatic rings. The molecule has 4 rings (SSSR count). The summed E-state index contributed by atoms with van der Waals surface area (Å²) in [4.78, 5) is 25.8. The largest absolute Gasteiger partial charge is 0.332 e. The number of halogens is 1. The molecular formula is C19H10B4ClN5O. The zero-order valence-corrected chi connectivity index (χ0v) is 16.6. The van der Waals surface area contributed by atoms with Gasteiger partial charge in [-0.25, -0.2) is 15.0 Å². The molecule has 0 saturated heterocycles. The van der Waals surface area contributed by atoms with Crippen LogP contribution >= 0.6 is 11.6 Å². The van der Waals surface area contributed by atoms with Crippen LogP contribution in [0.15, 0.2) is 36.9 Å². The zero-order chi connectivity index (χ0) is 21.6. The van der Waals surface area contributed by atoms with Gasteiger partial charge in [0.25, 0.3) is 5.91 Å². The van der Waals surface area contributed by atoms with E-state index in [0.717, 1.165) is 16.8 Å². The van der Waals surface area contributed by atoms with Crippen LogP contribution in [0.4, 0.5) is 5.82 Å². The molecule has 30 heavy (non-hydrogen) atoms. The predicted molar refractivity (Wildman–Crippen MR) is 123 cm³/mol. The molecule has 3 aromatic heterocycles. The van der Waals surface area contributed by atoms with E-state index in [9.17, 15) is 4.79 Å². The summed E-state index contributed by atoms with van der Waals surface area (Å²) in [5.74, 6) is -0.364. The SMILES string of the molecule is [B]c1c([B])c([B])c(C(=O)Nc2cc3nc(-c4cncn4C)ccc3cn2)c(Cl)c1[B]. The highest BCUT2D eigenvalue weighted by molar-refractivity contribution is 6.66. The number of pyridine rings is 2. The van der Waals surface area contributed by atoms with Crippen LogP contribution in [0.5, 0.6) is 0 Å². The Morgan fingerprint density at radius 2 is 1.80 bits per heavy atom. The van der Waals surface area contributed by atoms with E-state index in [-0.39, 0.29) is 38.3 Å². The number of amides is 1. The van der Waals surface area contributed by atoms with Crippen molar-refractivity contribution in [1.29, 1.82) is 0 Å². The first kappa shape index (κ1) is 20.3. The number of rotatable bonds is 3. The number of hydrogen-bond acceptors (Lipinski definition) is 4. The van der Waals surface area contributed by atoms with Crippen LogP contribution in [0.2, 0.25) is 5.02 Å². The van der Waals surface area contributed by atoms with Crippen molar-refractivity contribution in [3.05, 3.63) is 47.5 Å². The van der Waals surface area contributed by atoms with Crippen molar-refractivity contribution in [2.75, 3.05) is 5.32 Å². The molecule has 136 valence electrons. The molecule has 0 bridgehead atoms. The highest BCUT2D eigenvalue weighted by Crippen LogP contribution is 2.22. The summed E-state index contributed by atoms with van der Waals surface area (Å²) in [5.41, 5.74) is 2.11. The van der Waals surface area contributed by atoms with Crippen molar-refractivity contribution in [2.45, 2.75) is 0 Å². The highest BCUT2D eigenvalue weighted by atomic mass is 35.5. The van der Waals surface area contributed by atoms with Gasteiger partial charge < -0.3 is 9.88 Å². The molecule has 4 aromatic rings. The van der Waals surface area contributed by atoms with Crippen molar-refractivity contribution < 1.29 is 4.79 Å². The van der Waals surface area contributed by atoms with E-state index in [1.165, 1.54) is 0 Å². The van der Waals surface area contributed by atoms with Crippen LogP contribution in [0, 0.1) is 0 Å². The second-order valence-corrected chi connectivity index (χ2v) is 7.02. The van der Waals surface area contributed by atoms with Crippen molar-refractivity contribution in [1.82, 2.24) is 19.5 Å². The first-order chi connectivity index (χ1) is 14.3. The number of fused-ring (bicyclic) bond motifs is 1. The standard InChI is InChI=1S/C19H10B4ClN5O/c1-29-7-25-6-11(29)9-3-2-8-5-26-12(4-10(8)27-9)28-19(30)13-14(20)15(21)16(22)17(23)18(13)24/h2-7H,1H3,(H,26,28,30). The molecule has 0 atom stereocenters. The third kappa shape index (κ3) is 3.41. The summed E-state index contributed by atoms with van der Waals surface area (Å²) >= 11 is 6.18. The first-order valence-electron chi connectivity index (χ1n) is 8.74. The fourth-order valence-corrected chi connectivity index (χ4v) is 3.32. The quantitative estimate of drug-likeness (QED) is 0.451. The number of aryl methyl sites for hydroxylation is 1. The summed E-state index contributed by atoms with van der Waals surface area (Å²) in [7, 11) is 25.2.